The highest BCUT2D eigenvalue weighted by Crippen LogP contribution is 2.23. The molecule has 2 heterocycles. The van der Waals surface area contributed by atoms with Crippen molar-refractivity contribution < 1.29 is 0 Å². The number of piperazine rings is 1. The van der Waals surface area contributed by atoms with E-state index in [-0.39, 0.29) is 5.69 Å². The van der Waals surface area contributed by atoms with Crippen LogP contribution in [0.2, 0.25) is 0 Å². The van der Waals surface area contributed by atoms with Crippen molar-refractivity contribution in [2.75, 3.05) is 56.6 Å². The molecule has 0 aliphatic carbocycles. The first-order valence-electron chi connectivity index (χ1n) is 10.2. The lowest BCUT2D eigenvalue weighted by Crippen LogP contribution is -2.46. The van der Waals surface area contributed by atoms with Gasteiger partial charge < -0.3 is 14.7 Å². The molecule has 0 N–H and O–H groups in total. The fourth-order valence-electron chi connectivity index (χ4n) is 3.66. The minimum atomic E-state index is -0.104. The molecule has 2 aromatic carbocycles. The molecule has 1 aliphatic rings. The van der Waals surface area contributed by atoms with E-state index >= 15 is 0 Å². The van der Waals surface area contributed by atoms with E-state index < -0.39 is 0 Å². The zero-order chi connectivity index (χ0) is 21.1. The van der Waals surface area contributed by atoms with Crippen LogP contribution in [0.4, 0.5) is 11.4 Å². The summed E-state index contributed by atoms with van der Waals surface area (Å²) in [6.45, 7) is 5.28. The number of anilines is 2. The van der Waals surface area contributed by atoms with Crippen molar-refractivity contribution in [3.63, 3.8) is 0 Å². The van der Waals surface area contributed by atoms with E-state index in [1.165, 1.54) is 16.1 Å². The quantitative estimate of drug-likeness (QED) is 0.554. The Morgan fingerprint density at radius 1 is 0.867 bits per heavy atom. The van der Waals surface area contributed by atoms with Gasteiger partial charge in [0.05, 0.1) is 12.2 Å². The molecule has 1 saturated heterocycles. The molecule has 0 unspecified atom stereocenters. The van der Waals surface area contributed by atoms with Gasteiger partial charge in [-0.25, -0.2) is 14.0 Å². The minimum absolute atomic E-state index is 0.104. The molecule has 0 bridgehead atoms. The number of hydrogen-bond donors (Lipinski definition) is 0. The van der Waals surface area contributed by atoms with E-state index in [1.54, 1.807) is 10.9 Å². The van der Waals surface area contributed by atoms with Crippen LogP contribution in [0.15, 0.2) is 64.1 Å². The monoisotopic (exact) mass is 470 g/mol. The molecule has 30 heavy (non-hydrogen) atoms. The first-order valence-corrected chi connectivity index (χ1v) is 11.0. The molecule has 0 amide bonds. The maximum atomic E-state index is 12.6. The molecule has 8 heteroatoms. The molecule has 1 aliphatic heterocycles. The van der Waals surface area contributed by atoms with Crippen LogP contribution in [0.5, 0.6) is 0 Å². The fraction of sp³-hybridized carbons (Fsp3) is 0.364. The second-order valence-corrected chi connectivity index (χ2v) is 8.69. The SMILES string of the molecule is CN(C)CCn1ncn(-c2ccc(N3CCN(c4ccc(Br)cc4)CC3)cc2)c1=O. The molecule has 4 rings (SSSR count). The molecule has 0 spiro atoms. The predicted octanol–water partition coefficient (Wildman–Crippen LogP) is 2.68. The maximum absolute atomic E-state index is 12.6. The number of nitrogens with zero attached hydrogens (tertiary/aromatic N) is 6. The summed E-state index contributed by atoms with van der Waals surface area (Å²) in [5, 5.41) is 4.24. The topological polar surface area (TPSA) is 49.5 Å². The van der Waals surface area contributed by atoms with E-state index in [0.717, 1.165) is 42.9 Å². The van der Waals surface area contributed by atoms with Gasteiger partial charge in [0.2, 0.25) is 0 Å². The van der Waals surface area contributed by atoms with Crippen LogP contribution in [-0.2, 0) is 6.54 Å². The van der Waals surface area contributed by atoms with Crippen LogP contribution < -0.4 is 15.5 Å². The minimum Gasteiger partial charge on any atom is -0.368 e. The molecule has 0 atom stereocenters. The van der Waals surface area contributed by atoms with E-state index in [0.29, 0.717) is 6.54 Å². The summed E-state index contributed by atoms with van der Waals surface area (Å²) >= 11 is 3.50. The van der Waals surface area contributed by atoms with Crippen LogP contribution in [0, 0.1) is 0 Å². The number of hydrogen-bond acceptors (Lipinski definition) is 5. The smallest absolute Gasteiger partial charge is 0.350 e. The lowest BCUT2D eigenvalue weighted by Gasteiger charge is -2.37. The maximum Gasteiger partial charge on any atom is 0.350 e. The summed E-state index contributed by atoms with van der Waals surface area (Å²) < 4.78 is 4.22. The molecule has 0 radical (unpaired) electrons. The Balaban J connectivity index is 1.40. The number of benzene rings is 2. The highest BCUT2D eigenvalue weighted by Gasteiger charge is 2.18. The van der Waals surface area contributed by atoms with Gasteiger partial charge in [-0.15, -0.1) is 0 Å². The van der Waals surface area contributed by atoms with E-state index in [9.17, 15) is 4.79 Å². The molecular weight excluding hydrogens is 444 g/mol. The Bertz CT molecular complexity index is 1020. The second-order valence-electron chi connectivity index (χ2n) is 7.78. The van der Waals surface area contributed by atoms with Crippen LogP contribution >= 0.6 is 15.9 Å². The third kappa shape index (κ3) is 4.60. The molecule has 1 aromatic heterocycles. The van der Waals surface area contributed by atoms with Crippen molar-refractivity contribution in [2.45, 2.75) is 6.54 Å². The standard InChI is InChI=1S/C22H27BrN6O/c1-25(2)11-16-29-22(30)28(17-24-29)21-9-7-20(8-10-21)27-14-12-26(13-15-27)19-5-3-18(23)4-6-19/h3-10,17H,11-16H2,1-2H3. The Labute approximate surface area is 185 Å². The molecule has 3 aromatic rings. The molecule has 7 nitrogen and oxygen atoms in total. The molecule has 158 valence electrons. The van der Waals surface area contributed by atoms with Gasteiger partial charge in [0, 0.05) is 48.6 Å². The first-order chi connectivity index (χ1) is 14.5. The normalized spacial score (nSPS) is 14.5. The Kier molecular flexibility index (Phi) is 6.24. The van der Waals surface area contributed by atoms with Gasteiger partial charge in [0.1, 0.15) is 6.33 Å². The number of rotatable bonds is 6. The zero-order valence-electron chi connectivity index (χ0n) is 17.4. The summed E-state index contributed by atoms with van der Waals surface area (Å²) in [6.07, 6.45) is 1.60. The first kappa shape index (κ1) is 20.7. The van der Waals surface area contributed by atoms with Crippen LogP contribution in [0.25, 0.3) is 5.69 Å². The summed E-state index contributed by atoms with van der Waals surface area (Å²) in [4.78, 5) is 19.4. The predicted molar refractivity (Wildman–Crippen MR) is 125 cm³/mol. The van der Waals surface area contributed by atoms with Crippen LogP contribution in [0.3, 0.4) is 0 Å². The summed E-state index contributed by atoms with van der Waals surface area (Å²) in [5.41, 5.74) is 3.18. The van der Waals surface area contributed by atoms with Gasteiger partial charge in [0.25, 0.3) is 0 Å². The highest BCUT2D eigenvalue weighted by atomic mass is 79.9. The third-order valence-electron chi connectivity index (χ3n) is 5.46. The number of halogens is 1. The summed E-state index contributed by atoms with van der Waals surface area (Å²) in [6, 6.07) is 16.7. The van der Waals surface area contributed by atoms with E-state index in [4.69, 9.17) is 0 Å². The lowest BCUT2D eigenvalue weighted by molar-refractivity contribution is 0.369. The molecule has 0 saturated carbocycles. The Morgan fingerprint density at radius 2 is 1.37 bits per heavy atom. The highest BCUT2D eigenvalue weighted by molar-refractivity contribution is 9.10. The largest absolute Gasteiger partial charge is 0.368 e. The van der Waals surface area contributed by atoms with Crippen LogP contribution in [0.1, 0.15) is 0 Å². The van der Waals surface area contributed by atoms with Crippen molar-refractivity contribution in [1.82, 2.24) is 19.2 Å². The van der Waals surface area contributed by atoms with Gasteiger partial charge in [-0.05, 0) is 62.6 Å². The fourth-order valence-corrected chi connectivity index (χ4v) is 3.93. The van der Waals surface area contributed by atoms with E-state index in [2.05, 4.69) is 67.2 Å². The van der Waals surface area contributed by atoms with Crippen molar-refractivity contribution in [2.24, 2.45) is 0 Å². The van der Waals surface area contributed by atoms with Crippen molar-refractivity contribution in [3.05, 3.63) is 69.8 Å². The third-order valence-corrected chi connectivity index (χ3v) is 5.99. The van der Waals surface area contributed by atoms with Gasteiger partial charge in [-0.1, -0.05) is 15.9 Å². The number of aromatic nitrogens is 3. The lowest BCUT2D eigenvalue weighted by atomic mass is 10.2. The number of likely N-dealkylation sites (N-methyl/N-ethyl adjacent to an activating group) is 1. The van der Waals surface area contributed by atoms with Crippen molar-refractivity contribution in [1.29, 1.82) is 0 Å². The van der Waals surface area contributed by atoms with Crippen molar-refractivity contribution >= 4 is 27.3 Å². The van der Waals surface area contributed by atoms with Gasteiger partial charge in [-0.2, -0.15) is 5.10 Å². The van der Waals surface area contributed by atoms with Gasteiger partial charge >= 0.3 is 5.69 Å². The van der Waals surface area contributed by atoms with E-state index in [1.807, 2.05) is 31.1 Å². The average Bonchev–Trinajstić information content (AvgIpc) is 3.13. The summed E-state index contributed by atoms with van der Waals surface area (Å²) in [7, 11) is 3.97. The summed E-state index contributed by atoms with van der Waals surface area (Å²) in [5.74, 6) is 0. The zero-order valence-corrected chi connectivity index (χ0v) is 19.0. The second kappa shape index (κ2) is 9.06. The Morgan fingerprint density at radius 3 is 1.90 bits per heavy atom. The Hall–Kier alpha value is -2.58. The molecule has 1 fully saturated rings. The van der Waals surface area contributed by atoms with Gasteiger partial charge in [0.15, 0.2) is 0 Å². The average molecular weight is 471 g/mol. The van der Waals surface area contributed by atoms with Crippen molar-refractivity contribution in [3.8, 4) is 5.69 Å². The molecular formula is C22H27BrN6O. The van der Waals surface area contributed by atoms with Gasteiger partial charge in [-0.3, -0.25) is 0 Å². The van der Waals surface area contributed by atoms with Crippen LogP contribution in [-0.4, -0.2) is 66.1 Å².